The van der Waals surface area contributed by atoms with E-state index < -0.39 is 4.90 Å². The van der Waals surface area contributed by atoms with E-state index in [2.05, 4.69) is 32.6 Å². The minimum atomic E-state index is -0.431. The Labute approximate surface area is 169 Å². The summed E-state index contributed by atoms with van der Waals surface area (Å²) in [6, 6.07) is 0. The minimum absolute atomic E-state index is 0.0413. The fourth-order valence-corrected chi connectivity index (χ4v) is 4.15. The third-order valence-corrected chi connectivity index (χ3v) is 5.27. The zero-order chi connectivity index (χ0) is 20.1. The van der Waals surface area contributed by atoms with Crippen LogP contribution in [0.2, 0.25) is 0 Å². The molecule has 1 aromatic rings. The van der Waals surface area contributed by atoms with Gasteiger partial charge in [0.25, 0.3) is 0 Å². The fraction of sp³-hybridized carbons (Fsp3) is 0.474. The van der Waals surface area contributed by atoms with Crippen molar-refractivity contribution in [2.45, 2.75) is 34.4 Å². The van der Waals surface area contributed by atoms with Gasteiger partial charge in [-0.25, -0.2) is 0 Å². The van der Waals surface area contributed by atoms with Crippen molar-refractivity contribution in [3.63, 3.8) is 0 Å². The van der Waals surface area contributed by atoms with E-state index in [4.69, 9.17) is 12.2 Å². The summed E-state index contributed by atoms with van der Waals surface area (Å²) in [5, 5.41) is 32.2. The second-order valence-corrected chi connectivity index (χ2v) is 9.12. The van der Waals surface area contributed by atoms with E-state index in [9.17, 15) is 15.5 Å². The highest BCUT2D eigenvalue weighted by Gasteiger charge is 2.16. The standard InChI is InChI=1S/C19H26N3O3S2/c1-13(2)10-20(11-14(3)4)12-21-18(23)17(27-19(21)26)9-15-5-7-16(8-6-15)22(24)25/h5-9,13-14H,10-12H2,1-4H3,(H-,23,24,25)/q-1. The quantitative estimate of drug-likeness (QED) is 0.408. The van der Waals surface area contributed by atoms with Crippen LogP contribution in [0.15, 0.2) is 29.9 Å². The SMILES string of the molecule is CC(C)CN(CC(C)C)Cn1c(O)c(C=C2C=CC(=[N+]([O-])[O-])C=C2)sc1=S. The van der Waals surface area contributed by atoms with Crippen LogP contribution in [0.4, 0.5) is 0 Å². The van der Waals surface area contributed by atoms with E-state index in [-0.39, 0.29) is 11.6 Å². The molecule has 1 N–H and O–H groups in total. The first-order valence-corrected chi connectivity index (χ1v) is 10.1. The molecule has 1 aliphatic carbocycles. The van der Waals surface area contributed by atoms with Crippen molar-refractivity contribution >= 4 is 35.3 Å². The molecule has 0 spiro atoms. The van der Waals surface area contributed by atoms with Gasteiger partial charge in [0.2, 0.25) is 11.6 Å². The Morgan fingerprint density at radius 3 is 2.19 bits per heavy atom. The van der Waals surface area contributed by atoms with Crippen molar-refractivity contribution in [2.24, 2.45) is 11.8 Å². The van der Waals surface area contributed by atoms with Gasteiger partial charge in [-0.15, -0.1) is 11.3 Å². The Bertz CT molecular complexity index is 813. The Balaban J connectivity index is 2.25. The smallest absolute Gasteiger partial charge is 0.222 e. The number of rotatable bonds is 7. The Hall–Kier alpha value is -1.90. The van der Waals surface area contributed by atoms with Crippen LogP contribution in [0, 0.1) is 26.2 Å². The summed E-state index contributed by atoms with van der Waals surface area (Å²) in [5.41, 5.74) is 0.820. The van der Waals surface area contributed by atoms with Gasteiger partial charge in [0.1, 0.15) is 0 Å². The molecule has 1 heterocycles. The van der Waals surface area contributed by atoms with Gasteiger partial charge < -0.3 is 15.5 Å². The molecule has 0 atom stereocenters. The average Bonchev–Trinajstić information content (AvgIpc) is 2.81. The van der Waals surface area contributed by atoms with Crippen LogP contribution in [-0.4, -0.2) is 38.3 Å². The van der Waals surface area contributed by atoms with E-state index >= 15 is 0 Å². The molecule has 1 aromatic heterocycles. The van der Waals surface area contributed by atoms with E-state index in [1.54, 1.807) is 22.8 Å². The van der Waals surface area contributed by atoms with Gasteiger partial charge >= 0.3 is 0 Å². The van der Waals surface area contributed by atoms with Crippen molar-refractivity contribution < 1.29 is 10.0 Å². The second kappa shape index (κ2) is 9.34. The lowest BCUT2D eigenvalue weighted by atomic mass is 10.1. The molecule has 0 saturated carbocycles. The lowest BCUT2D eigenvalue weighted by molar-refractivity contribution is -0.377. The predicted octanol–water partition coefficient (Wildman–Crippen LogP) is 4.51. The first-order chi connectivity index (χ1) is 12.7. The number of hydrogen-bond acceptors (Lipinski definition) is 6. The van der Waals surface area contributed by atoms with E-state index in [1.165, 1.54) is 23.5 Å². The van der Waals surface area contributed by atoms with E-state index in [0.717, 1.165) is 18.7 Å². The van der Waals surface area contributed by atoms with Gasteiger partial charge in [-0.3, -0.25) is 9.47 Å². The third-order valence-electron chi connectivity index (χ3n) is 3.88. The number of thiazole rings is 1. The molecule has 8 heteroatoms. The molecule has 0 aromatic carbocycles. The molecule has 27 heavy (non-hydrogen) atoms. The molecule has 0 unspecified atom stereocenters. The lowest BCUT2D eigenvalue weighted by Crippen LogP contribution is -2.33. The maximum atomic E-state index is 10.8. The highest BCUT2D eigenvalue weighted by molar-refractivity contribution is 7.73. The minimum Gasteiger partial charge on any atom is -0.612 e. The summed E-state index contributed by atoms with van der Waals surface area (Å²) >= 11 is 6.80. The van der Waals surface area contributed by atoms with Crippen LogP contribution in [0.25, 0.3) is 6.08 Å². The van der Waals surface area contributed by atoms with Crippen molar-refractivity contribution in [3.8, 4) is 5.88 Å². The number of hydrogen-bond donors (Lipinski definition) is 1. The summed E-state index contributed by atoms with van der Waals surface area (Å²) in [7, 11) is 0. The molecule has 1 aliphatic rings. The van der Waals surface area contributed by atoms with Crippen LogP contribution >= 0.6 is 23.6 Å². The first kappa shape index (κ1) is 21.4. The average molecular weight is 409 g/mol. The normalized spacial score (nSPS) is 14.0. The van der Waals surface area contributed by atoms with Gasteiger partial charge in [0, 0.05) is 25.2 Å². The Kier molecular flexibility index (Phi) is 7.41. The fourth-order valence-electron chi connectivity index (χ4n) is 2.90. The largest absolute Gasteiger partial charge is 0.612 e. The number of aromatic nitrogens is 1. The van der Waals surface area contributed by atoms with E-state index in [1.807, 2.05) is 0 Å². The van der Waals surface area contributed by atoms with Gasteiger partial charge in [-0.2, -0.15) is 4.90 Å². The van der Waals surface area contributed by atoms with Crippen LogP contribution < -0.4 is 0 Å². The van der Waals surface area contributed by atoms with Crippen LogP contribution in [0.1, 0.15) is 32.6 Å². The molecule has 6 nitrogen and oxygen atoms in total. The summed E-state index contributed by atoms with van der Waals surface area (Å²) in [4.78, 5) is 2.52. The molecule has 0 bridgehead atoms. The number of aromatic hydroxyl groups is 1. The van der Waals surface area contributed by atoms with Crippen LogP contribution in [-0.2, 0) is 6.67 Å². The molecular formula is C19H26N3O3S2-. The summed E-state index contributed by atoms with van der Waals surface area (Å²) in [5.74, 6) is 1.18. The van der Waals surface area contributed by atoms with Crippen LogP contribution in [0.5, 0.6) is 5.88 Å². The van der Waals surface area contributed by atoms with Crippen LogP contribution in [0.3, 0.4) is 0 Å². The Morgan fingerprint density at radius 2 is 1.70 bits per heavy atom. The molecule has 0 fully saturated rings. The van der Waals surface area contributed by atoms with Gasteiger partial charge in [-0.1, -0.05) is 27.7 Å². The zero-order valence-corrected chi connectivity index (χ0v) is 17.7. The summed E-state index contributed by atoms with van der Waals surface area (Å²) in [6.07, 6.45) is 8.02. The number of allylic oxidation sites excluding steroid dienone is 5. The molecule has 0 aliphatic heterocycles. The monoisotopic (exact) mass is 408 g/mol. The molecule has 2 rings (SSSR count). The second-order valence-electron chi connectivity index (χ2n) is 7.44. The van der Waals surface area contributed by atoms with Crippen molar-refractivity contribution in [1.29, 1.82) is 0 Å². The highest BCUT2D eigenvalue weighted by Crippen LogP contribution is 2.29. The van der Waals surface area contributed by atoms with Crippen molar-refractivity contribution in [1.82, 2.24) is 9.47 Å². The van der Waals surface area contributed by atoms with Gasteiger partial charge in [-0.05, 0) is 47.9 Å². The summed E-state index contributed by atoms with van der Waals surface area (Å²) in [6.45, 7) is 11.1. The maximum Gasteiger partial charge on any atom is 0.222 e. The molecule has 148 valence electrons. The zero-order valence-electron chi connectivity index (χ0n) is 16.1. The predicted molar refractivity (Wildman–Crippen MR) is 114 cm³/mol. The van der Waals surface area contributed by atoms with Gasteiger partial charge in [0.05, 0.1) is 11.5 Å². The topological polar surface area (TPSA) is 77.5 Å². The van der Waals surface area contributed by atoms with Crippen molar-refractivity contribution in [3.05, 3.63) is 49.1 Å². The van der Waals surface area contributed by atoms with Crippen molar-refractivity contribution in [2.75, 3.05) is 13.1 Å². The molecular weight excluding hydrogens is 382 g/mol. The molecule has 0 radical (unpaired) electrons. The molecule has 0 amide bonds. The first-order valence-electron chi connectivity index (χ1n) is 8.91. The molecule has 0 saturated heterocycles. The summed E-state index contributed by atoms with van der Waals surface area (Å²) < 4.78 is 2.36. The highest BCUT2D eigenvalue weighted by atomic mass is 32.1. The third kappa shape index (κ3) is 6.05. The lowest BCUT2D eigenvalue weighted by Gasteiger charge is -2.26. The maximum absolute atomic E-state index is 10.8. The Morgan fingerprint density at radius 1 is 1.15 bits per heavy atom. The number of nitrogens with zero attached hydrogens (tertiary/aromatic N) is 3. The van der Waals surface area contributed by atoms with Gasteiger partial charge in [0.15, 0.2) is 3.95 Å². The van der Waals surface area contributed by atoms with E-state index in [0.29, 0.717) is 27.3 Å².